The lowest BCUT2D eigenvalue weighted by atomic mass is 10.1. The van der Waals surface area contributed by atoms with Crippen LogP contribution in [0.5, 0.6) is 0 Å². The van der Waals surface area contributed by atoms with E-state index in [1.54, 1.807) is 24.3 Å². The predicted molar refractivity (Wildman–Crippen MR) is 83.1 cm³/mol. The summed E-state index contributed by atoms with van der Waals surface area (Å²) in [5.41, 5.74) is 0.829. The second-order valence-corrected chi connectivity index (χ2v) is 6.34. The summed E-state index contributed by atoms with van der Waals surface area (Å²) in [6.45, 7) is 4.43. The molecule has 0 aliphatic heterocycles. The van der Waals surface area contributed by atoms with E-state index < -0.39 is 10.0 Å². The van der Waals surface area contributed by atoms with E-state index in [2.05, 4.69) is 22.9 Å². The van der Waals surface area contributed by atoms with Gasteiger partial charge in [-0.2, -0.15) is 0 Å². The first-order chi connectivity index (χ1) is 9.53. The standard InChI is InChI=1S/C15H22N2O2S/c1-4-7-13(6-3)17-14-8-10-15(11-9-14)20(18,19)16-12-5-2/h3,8-11,13,16-17H,4-5,7,12H2,1-2H3. The van der Waals surface area contributed by atoms with Gasteiger partial charge in [-0.1, -0.05) is 26.2 Å². The first kappa shape index (κ1) is 16.5. The van der Waals surface area contributed by atoms with Crippen molar-refractivity contribution in [1.29, 1.82) is 0 Å². The third-order valence-electron chi connectivity index (χ3n) is 2.83. The number of terminal acetylenes is 1. The van der Waals surface area contributed by atoms with E-state index in [0.29, 0.717) is 6.54 Å². The highest BCUT2D eigenvalue weighted by molar-refractivity contribution is 7.89. The molecule has 0 saturated carbocycles. The minimum Gasteiger partial charge on any atom is -0.372 e. The van der Waals surface area contributed by atoms with Gasteiger partial charge >= 0.3 is 0 Å². The zero-order valence-corrected chi connectivity index (χ0v) is 12.8. The maximum atomic E-state index is 11.9. The van der Waals surface area contributed by atoms with E-state index in [4.69, 9.17) is 6.42 Å². The molecule has 0 amide bonds. The number of anilines is 1. The molecule has 0 saturated heterocycles. The van der Waals surface area contributed by atoms with Crippen LogP contribution in [0, 0.1) is 12.3 Å². The highest BCUT2D eigenvalue weighted by Crippen LogP contribution is 2.15. The minimum atomic E-state index is -3.40. The van der Waals surface area contributed by atoms with Gasteiger partial charge in [0.2, 0.25) is 10.0 Å². The van der Waals surface area contributed by atoms with Gasteiger partial charge in [0.15, 0.2) is 0 Å². The van der Waals surface area contributed by atoms with Crippen molar-refractivity contribution in [2.45, 2.75) is 44.0 Å². The number of hydrogen-bond donors (Lipinski definition) is 2. The van der Waals surface area contributed by atoms with E-state index in [9.17, 15) is 8.42 Å². The fourth-order valence-corrected chi connectivity index (χ4v) is 2.87. The van der Waals surface area contributed by atoms with Gasteiger partial charge in [-0.3, -0.25) is 0 Å². The van der Waals surface area contributed by atoms with Gasteiger partial charge < -0.3 is 5.32 Å². The van der Waals surface area contributed by atoms with Crippen molar-refractivity contribution >= 4 is 15.7 Å². The summed E-state index contributed by atoms with van der Waals surface area (Å²) in [7, 11) is -3.40. The van der Waals surface area contributed by atoms with E-state index in [1.165, 1.54) is 0 Å². The Labute approximate surface area is 122 Å². The molecule has 1 aromatic carbocycles. The smallest absolute Gasteiger partial charge is 0.240 e. The molecule has 4 nitrogen and oxygen atoms in total. The Bertz CT molecular complexity index is 544. The second-order valence-electron chi connectivity index (χ2n) is 4.57. The van der Waals surface area contributed by atoms with Crippen molar-refractivity contribution in [3.8, 4) is 12.3 Å². The molecular weight excluding hydrogens is 272 g/mol. The Morgan fingerprint density at radius 1 is 1.20 bits per heavy atom. The predicted octanol–water partition coefficient (Wildman–Crippen LogP) is 2.59. The molecule has 0 heterocycles. The molecule has 0 bridgehead atoms. The number of nitrogens with one attached hydrogen (secondary N) is 2. The van der Waals surface area contributed by atoms with Crippen molar-refractivity contribution < 1.29 is 8.42 Å². The van der Waals surface area contributed by atoms with E-state index >= 15 is 0 Å². The van der Waals surface area contributed by atoms with Crippen LogP contribution in [-0.4, -0.2) is 21.0 Å². The van der Waals surface area contributed by atoms with Crippen molar-refractivity contribution in [3.63, 3.8) is 0 Å². The number of hydrogen-bond acceptors (Lipinski definition) is 3. The van der Waals surface area contributed by atoms with Crippen LogP contribution in [0.3, 0.4) is 0 Å². The van der Waals surface area contributed by atoms with Crippen LogP contribution in [0.2, 0.25) is 0 Å². The molecule has 0 spiro atoms. The lowest BCUT2D eigenvalue weighted by molar-refractivity contribution is 0.581. The maximum absolute atomic E-state index is 11.9. The molecule has 20 heavy (non-hydrogen) atoms. The first-order valence-electron chi connectivity index (χ1n) is 6.85. The topological polar surface area (TPSA) is 58.2 Å². The zero-order valence-electron chi connectivity index (χ0n) is 12.0. The average Bonchev–Trinajstić information content (AvgIpc) is 2.45. The Kier molecular flexibility index (Phi) is 6.56. The molecule has 0 fully saturated rings. The van der Waals surface area contributed by atoms with Crippen LogP contribution in [0.25, 0.3) is 0 Å². The molecule has 1 aromatic rings. The van der Waals surface area contributed by atoms with Crippen LogP contribution >= 0.6 is 0 Å². The summed E-state index contributed by atoms with van der Waals surface area (Å²) in [6.07, 6.45) is 8.08. The number of rotatable bonds is 8. The largest absolute Gasteiger partial charge is 0.372 e. The van der Waals surface area contributed by atoms with Crippen LogP contribution < -0.4 is 10.0 Å². The van der Waals surface area contributed by atoms with Gasteiger partial charge in [0.05, 0.1) is 10.9 Å². The molecule has 2 N–H and O–H groups in total. The molecule has 5 heteroatoms. The lowest BCUT2D eigenvalue weighted by Crippen LogP contribution is -2.24. The van der Waals surface area contributed by atoms with Gasteiger partial charge in [-0.05, 0) is 37.1 Å². The van der Waals surface area contributed by atoms with Crippen molar-refractivity contribution in [2.24, 2.45) is 0 Å². The molecule has 0 radical (unpaired) electrons. The van der Waals surface area contributed by atoms with Crippen molar-refractivity contribution in [2.75, 3.05) is 11.9 Å². The Morgan fingerprint density at radius 3 is 2.35 bits per heavy atom. The molecule has 0 aliphatic carbocycles. The fourth-order valence-electron chi connectivity index (χ4n) is 1.74. The van der Waals surface area contributed by atoms with Crippen LogP contribution in [0.1, 0.15) is 33.1 Å². The summed E-state index contributed by atoms with van der Waals surface area (Å²) in [5.74, 6) is 2.68. The van der Waals surface area contributed by atoms with Gasteiger partial charge in [-0.15, -0.1) is 6.42 Å². The summed E-state index contributed by atoms with van der Waals surface area (Å²) in [5, 5.41) is 3.20. The summed E-state index contributed by atoms with van der Waals surface area (Å²) < 4.78 is 26.4. The number of benzene rings is 1. The van der Waals surface area contributed by atoms with Crippen LogP contribution in [0.4, 0.5) is 5.69 Å². The molecule has 110 valence electrons. The quantitative estimate of drug-likeness (QED) is 0.725. The summed E-state index contributed by atoms with van der Waals surface area (Å²) in [4.78, 5) is 0.268. The van der Waals surface area contributed by atoms with Crippen LogP contribution in [0.15, 0.2) is 29.2 Å². The zero-order chi connectivity index (χ0) is 15.0. The molecular formula is C15H22N2O2S. The first-order valence-corrected chi connectivity index (χ1v) is 8.34. The summed E-state index contributed by atoms with van der Waals surface area (Å²) in [6, 6.07) is 6.61. The minimum absolute atomic E-state index is 0.0272. The van der Waals surface area contributed by atoms with Gasteiger partial charge in [0.25, 0.3) is 0 Å². The Morgan fingerprint density at radius 2 is 1.85 bits per heavy atom. The molecule has 0 aromatic heterocycles. The number of sulfonamides is 1. The van der Waals surface area contributed by atoms with Crippen LogP contribution in [-0.2, 0) is 10.0 Å². The van der Waals surface area contributed by atoms with Gasteiger partial charge in [0.1, 0.15) is 0 Å². The highest BCUT2D eigenvalue weighted by atomic mass is 32.2. The molecule has 1 unspecified atom stereocenters. The molecule has 1 rings (SSSR count). The Balaban J connectivity index is 2.76. The molecule has 1 atom stereocenters. The van der Waals surface area contributed by atoms with E-state index in [-0.39, 0.29) is 10.9 Å². The summed E-state index contributed by atoms with van der Waals surface area (Å²) >= 11 is 0. The second kappa shape index (κ2) is 7.93. The third-order valence-corrected chi connectivity index (χ3v) is 4.30. The fraction of sp³-hybridized carbons (Fsp3) is 0.467. The van der Waals surface area contributed by atoms with Crippen molar-refractivity contribution in [3.05, 3.63) is 24.3 Å². The van der Waals surface area contributed by atoms with Gasteiger partial charge in [0, 0.05) is 12.2 Å². The van der Waals surface area contributed by atoms with Crippen molar-refractivity contribution in [1.82, 2.24) is 4.72 Å². The maximum Gasteiger partial charge on any atom is 0.240 e. The normalized spacial score (nSPS) is 12.7. The van der Waals surface area contributed by atoms with E-state index in [1.807, 2.05) is 6.92 Å². The Hall–Kier alpha value is -1.51. The molecule has 0 aliphatic rings. The monoisotopic (exact) mass is 294 g/mol. The third kappa shape index (κ3) is 4.87. The van der Waals surface area contributed by atoms with Gasteiger partial charge in [-0.25, -0.2) is 13.1 Å². The van der Waals surface area contributed by atoms with E-state index in [0.717, 1.165) is 24.9 Å². The average molecular weight is 294 g/mol. The lowest BCUT2D eigenvalue weighted by Gasteiger charge is -2.14. The highest BCUT2D eigenvalue weighted by Gasteiger charge is 2.12. The SMILES string of the molecule is C#CC(CCC)Nc1ccc(S(=O)(=O)NCCC)cc1.